The van der Waals surface area contributed by atoms with Crippen molar-refractivity contribution in [3.05, 3.63) is 30.3 Å². The van der Waals surface area contributed by atoms with Gasteiger partial charge in [-0.2, -0.15) is 0 Å². The Morgan fingerprint density at radius 2 is 1.92 bits per heavy atom. The van der Waals surface area contributed by atoms with E-state index in [0.717, 1.165) is 5.69 Å². The van der Waals surface area contributed by atoms with Gasteiger partial charge in [-0.05, 0) is 18.2 Å². The summed E-state index contributed by atoms with van der Waals surface area (Å²) in [5.41, 5.74) is 1.04. The minimum absolute atomic E-state index is 0.204. The Morgan fingerprint density at radius 3 is 2.46 bits per heavy atom. The fraction of sp³-hybridized carbons (Fsp3) is 0.400. The summed E-state index contributed by atoms with van der Waals surface area (Å²) in [4.78, 5) is 0. The summed E-state index contributed by atoms with van der Waals surface area (Å²) in [6, 6.07) is 10.6. The molecule has 1 radical (unpaired) electrons. The highest BCUT2D eigenvalue weighted by Crippen LogP contribution is 2.04. The van der Waals surface area contributed by atoms with Crippen molar-refractivity contribution < 1.29 is 9.47 Å². The van der Waals surface area contributed by atoms with Gasteiger partial charge in [-0.15, -0.1) is 0 Å². The molecular weight excluding hydrogens is 166 g/mol. The number of ether oxygens (including phenoxy) is 2. The third kappa shape index (κ3) is 3.44. The fourth-order valence-electron chi connectivity index (χ4n) is 0.969. The summed E-state index contributed by atoms with van der Waals surface area (Å²) in [6.07, 6.45) is -0.204. The molecule has 0 unspecified atom stereocenters. The predicted molar refractivity (Wildman–Crippen MR) is 51.6 cm³/mol. The van der Waals surface area contributed by atoms with Crippen molar-refractivity contribution in [1.29, 1.82) is 0 Å². The molecule has 3 nitrogen and oxygen atoms in total. The maximum atomic E-state index is 5.03. The lowest BCUT2D eigenvalue weighted by Gasteiger charge is -2.14. The van der Waals surface area contributed by atoms with E-state index < -0.39 is 0 Å². The summed E-state index contributed by atoms with van der Waals surface area (Å²) in [6.45, 7) is 0.636. The van der Waals surface area contributed by atoms with Crippen LogP contribution in [0.25, 0.3) is 0 Å². The molecule has 0 aromatic heterocycles. The molecule has 0 saturated carbocycles. The molecule has 1 N–H and O–H groups in total. The van der Waals surface area contributed by atoms with Gasteiger partial charge in [0, 0.05) is 19.9 Å². The van der Waals surface area contributed by atoms with Crippen molar-refractivity contribution >= 4 is 5.69 Å². The van der Waals surface area contributed by atoms with E-state index >= 15 is 0 Å². The molecule has 1 aromatic carbocycles. The van der Waals surface area contributed by atoms with Gasteiger partial charge in [0.1, 0.15) is 0 Å². The maximum absolute atomic E-state index is 5.03. The van der Waals surface area contributed by atoms with E-state index in [2.05, 4.69) is 11.4 Å². The van der Waals surface area contributed by atoms with Gasteiger partial charge >= 0.3 is 0 Å². The van der Waals surface area contributed by atoms with E-state index in [1.165, 1.54) is 0 Å². The van der Waals surface area contributed by atoms with Gasteiger partial charge < -0.3 is 14.8 Å². The van der Waals surface area contributed by atoms with Gasteiger partial charge in [-0.1, -0.05) is 12.1 Å². The van der Waals surface area contributed by atoms with Crippen LogP contribution in [0.2, 0.25) is 0 Å². The second-order valence-electron chi connectivity index (χ2n) is 2.57. The third-order valence-electron chi connectivity index (χ3n) is 1.72. The number of methoxy groups -OCH3 is 2. The van der Waals surface area contributed by atoms with E-state index in [1.807, 2.05) is 24.3 Å². The first kappa shape index (κ1) is 10.0. The second kappa shape index (κ2) is 5.56. The van der Waals surface area contributed by atoms with Crippen LogP contribution in [0.4, 0.5) is 5.69 Å². The van der Waals surface area contributed by atoms with E-state index in [1.54, 1.807) is 14.2 Å². The Hall–Kier alpha value is -1.06. The van der Waals surface area contributed by atoms with Crippen LogP contribution in [0, 0.1) is 6.07 Å². The predicted octanol–water partition coefficient (Wildman–Crippen LogP) is 1.52. The van der Waals surface area contributed by atoms with Gasteiger partial charge in [0.15, 0.2) is 6.29 Å². The number of rotatable bonds is 5. The topological polar surface area (TPSA) is 30.5 Å². The molecule has 0 bridgehead atoms. The van der Waals surface area contributed by atoms with E-state index in [0.29, 0.717) is 6.54 Å². The maximum Gasteiger partial charge on any atom is 0.173 e. The fourth-order valence-corrected chi connectivity index (χ4v) is 0.969. The van der Waals surface area contributed by atoms with Crippen molar-refractivity contribution in [2.24, 2.45) is 0 Å². The largest absolute Gasteiger partial charge is 0.380 e. The molecule has 3 heteroatoms. The van der Waals surface area contributed by atoms with Gasteiger partial charge in [-0.3, -0.25) is 0 Å². The zero-order chi connectivity index (χ0) is 9.52. The standard InChI is InChI=1S/C10H14NO2/c1-12-10(13-2)8-11-9-6-4-3-5-7-9/h4-7,10-11H,8H2,1-2H3. The zero-order valence-electron chi connectivity index (χ0n) is 7.91. The molecule has 0 amide bonds. The molecule has 1 aromatic rings. The molecule has 71 valence electrons. The number of nitrogens with one attached hydrogen (secondary N) is 1. The lowest BCUT2D eigenvalue weighted by Crippen LogP contribution is -2.23. The summed E-state index contributed by atoms with van der Waals surface area (Å²) in [7, 11) is 3.24. The summed E-state index contributed by atoms with van der Waals surface area (Å²) < 4.78 is 10.1. The SMILES string of the molecule is COC(CNc1cc[c]cc1)OC. The van der Waals surface area contributed by atoms with Crippen LogP contribution >= 0.6 is 0 Å². The van der Waals surface area contributed by atoms with E-state index in [4.69, 9.17) is 9.47 Å². The molecule has 0 heterocycles. The molecular formula is C10H14NO2. The molecule has 0 aliphatic rings. The van der Waals surface area contributed by atoms with Gasteiger partial charge in [0.25, 0.3) is 0 Å². The Bertz CT molecular complexity index is 222. The Labute approximate surface area is 78.7 Å². The minimum Gasteiger partial charge on any atom is -0.380 e. The lowest BCUT2D eigenvalue weighted by molar-refractivity contribution is -0.0914. The van der Waals surface area contributed by atoms with Crippen molar-refractivity contribution in [2.45, 2.75) is 6.29 Å². The van der Waals surface area contributed by atoms with Gasteiger partial charge in [-0.25, -0.2) is 0 Å². The molecule has 0 aliphatic carbocycles. The molecule has 0 fully saturated rings. The molecule has 0 aliphatic heterocycles. The smallest absolute Gasteiger partial charge is 0.173 e. The van der Waals surface area contributed by atoms with Crippen LogP contribution in [0.1, 0.15) is 0 Å². The van der Waals surface area contributed by atoms with E-state index in [-0.39, 0.29) is 6.29 Å². The number of benzene rings is 1. The third-order valence-corrected chi connectivity index (χ3v) is 1.72. The summed E-state index contributed by atoms with van der Waals surface area (Å²) in [5, 5.41) is 3.18. The number of hydrogen-bond donors (Lipinski definition) is 1. The minimum atomic E-state index is -0.204. The zero-order valence-corrected chi connectivity index (χ0v) is 7.91. The van der Waals surface area contributed by atoms with Crippen LogP contribution in [0.5, 0.6) is 0 Å². The highest BCUT2D eigenvalue weighted by Gasteiger charge is 2.02. The van der Waals surface area contributed by atoms with Crippen molar-refractivity contribution in [3.8, 4) is 0 Å². The van der Waals surface area contributed by atoms with Crippen molar-refractivity contribution in [3.63, 3.8) is 0 Å². The monoisotopic (exact) mass is 180 g/mol. The second-order valence-corrected chi connectivity index (χ2v) is 2.57. The first-order chi connectivity index (χ1) is 6.36. The summed E-state index contributed by atoms with van der Waals surface area (Å²) in [5.74, 6) is 0. The average molecular weight is 180 g/mol. The van der Waals surface area contributed by atoms with Gasteiger partial charge in [0.2, 0.25) is 0 Å². The average Bonchev–Trinajstić information content (AvgIpc) is 2.21. The Kier molecular flexibility index (Phi) is 4.29. The van der Waals surface area contributed by atoms with Crippen LogP contribution in [-0.2, 0) is 9.47 Å². The van der Waals surface area contributed by atoms with Crippen LogP contribution < -0.4 is 5.32 Å². The molecule has 0 saturated heterocycles. The van der Waals surface area contributed by atoms with Crippen LogP contribution in [0.15, 0.2) is 24.3 Å². The Morgan fingerprint density at radius 1 is 1.31 bits per heavy atom. The van der Waals surface area contributed by atoms with Crippen LogP contribution in [-0.4, -0.2) is 27.1 Å². The molecule has 0 spiro atoms. The highest BCUT2D eigenvalue weighted by atomic mass is 16.7. The van der Waals surface area contributed by atoms with E-state index in [9.17, 15) is 0 Å². The highest BCUT2D eigenvalue weighted by molar-refractivity contribution is 5.42. The van der Waals surface area contributed by atoms with Gasteiger partial charge in [0.05, 0.1) is 6.54 Å². The van der Waals surface area contributed by atoms with Crippen LogP contribution in [0.3, 0.4) is 0 Å². The molecule has 1 rings (SSSR count). The lowest BCUT2D eigenvalue weighted by atomic mass is 10.3. The quantitative estimate of drug-likeness (QED) is 0.697. The van der Waals surface area contributed by atoms with Crippen molar-refractivity contribution in [1.82, 2.24) is 0 Å². The number of hydrogen-bond acceptors (Lipinski definition) is 3. The first-order valence-electron chi connectivity index (χ1n) is 4.12. The molecule has 13 heavy (non-hydrogen) atoms. The van der Waals surface area contributed by atoms with Crippen molar-refractivity contribution in [2.75, 3.05) is 26.1 Å². The molecule has 0 atom stereocenters. The Balaban J connectivity index is 2.34. The normalized spacial score (nSPS) is 10.4. The number of anilines is 1. The summed E-state index contributed by atoms with van der Waals surface area (Å²) >= 11 is 0. The first-order valence-corrected chi connectivity index (χ1v) is 4.12.